The third-order valence-electron chi connectivity index (χ3n) is 3.51. The molecule has 0 atom stereocenters. The Balaban J connectivity index is 2.52. The largest absolute Gasteiger partial charge is 0.460 e. The summed E-state index contributed by atoms with van der Waals surface area (Å²) in [6.07, 6.45) is 4.18. The van der Waals surface area contributed by atoms with Gasteiger partial charge in [-0.2, -0.15) is 0 Å². The smallest absolute Gasteiger partial charge is 0.142 e. The number of furan rings is 2. The molecule has 0 saturated heterocycles. The standard InChI is InChI=1S/C15H16O2S2/c1-7-12-10(14(18-4)8(2)16-12)6-11-13(7)17-9(3)15(11)19-5/h6H,1-5H3. The third kappa shape index (κ3) is 1.73. The van der Waals surface area contributed by atoms with Crippen molar-refractivity contribution in [3.8, 4) is 0 Å². The van der Waals surface area contributed by atoms with Gasteiger partial charge in [-0.15, -0.1) is 23.5 Å². The highest BCUT2D eigenvalue weighted by Gasteiger charge is 2.19. The summed E-state index contributed by atoms with van der Waals surface area (Å²) in [5, 5.41) is 2.40. The predicted octanol–water partition coefficient (Wildman–Crippen LogP) is 5.55. The molecule has 0 fully saturated rings. The van der Waals surface area contributed by atoms with E-state index in [1.165, 1.54) is 20.6 Å². The second-order valence-electron chi connectivity index (χ2n) is 4.64. The molecule has 0 bridgehead atoms. The number of benzene rings is 1. The molecule has 0 saturated carbocycles. The minimum Gasteiger partial charge on any atom is -0.460 e. The lowest BCUT2D eigenvalue weighted by Gasteiger charge is -1.99. The molecule has 0 radical (unpaired) electrons. The van der Waals surface area contributed by atoms with Crippen LogP contribution in [0.3, 0.4) is 0 Å². The van der Waals surface area contributed by atoms with Gasteiger partial charge in [0.05, 0.1) is 9.79 Å². The first kappa shape index (κ1) is 13.0. The molecule has 19 heavy (non-hydrogen) atoms. The first-order chi connectivity index (χ1) is 9.08. The van der Waals surface area contributed by atoms with Crippen LogP contribution in [0.15, 0.2) is 24.7 Å². The number of thioether (sulfide) groups is 2. The van der Waals surface area contributed by atoms with E-state index in [-0.39, 0.29) is 0 Å². The van der Waals surface area contributed by atoms with Gasteiger partial charge in [-0.3, -0.25) is 0 Å². The Kier molecular flexibility index (Phi) is 3.10. The molecule has 0 aliphatic rings. The topological polar surface area (TPSA) is 26.3 Å². The third-order valence-corrected chi connectivity index (χ3v) is 5.34. The first-order valence-electron chi connectivity index (χ1n) is 6.12. The van der Waals surface area contributed by atoms with Gasteiger partial charge in [0.15, 0.2) is 0 Å². The lowest BCUT2D eigenvalue weighted by atomic mass is 10.1. The lowest BCUT2D eigenvalue weighted by Crippen LogP contribution is -1.77. The fraction of sp³-hybridized carbons (Fsp3) is 0.333. The van der Waals surface area contributed by atoms with E-state index in [4.69, 9.17) is 8.83 Å². The summed E-state index contributed by atoms with van der Waals surface area (Å²) < 4.78 is 11.8. The van der Waals surface area contributed by atoms with Crippen LogP contribution in [0.2, 0.25) is 0 Å². The van der Waals surface area contributed by atoms with Gasteiger partial charge in [-0.05, 0) is 39.3 Å². The molecule has 3 rings (SSSR count). The summed E-state index contributed by atoms with van der Waals surface area (Å²) >= 11 is 3.48. The van der Waals surface area contributed by atoms with Crippen LogP contribution in [0.4, 0.5) is 0 Å². The average molecular weight is 292 g/mol. The van der Waals surface area contributed by atoms with E-state index in [0.717, 1.165) is 28.2 Å². The number of hydrogen-bond donors (Lipinski definition) is 0. The molecule has 0 unspecified atom stereocenters. The lowest BCUT2D eigenvalue weighted by molar-refractivity contribution is 0.555. The maximum atomic E-state index is 5.92. The SMILES string of the molecule is CSc1c(C)oc2c(C)c3oc(C)c(SC)c3cc12. The molecule has 2 nitrogen and oxygen atoms in total. The van der Waals surface area contributed by atoms with Gasteiger partial charge in [-0.1, -0.05) is 0 Å². The summed E-state index contributed by atoms with van der Waals surface area (Å²) in [6, 6.07) is 2.21. The van der Waals surface area contributed by atoms with Gasteiger partial charge >= 0.3 is 0 Å². The fourth-order valence-corrected chi connectivity index (χ4v) is 4.07. The van der Waals surface area contributed by atoms with Crippen LogP contribution in [0, 0.1) is 20.8 Å². The Morgan fingerprint density at radius 2 is 1.21 bits per heavy atom. The second kappa shape index (κ2) is 4.53. The summed E-state index contributed by atoms with van der Waals surface area (Å²) in [5.41, 5.74) is 3.01. The average Bonchev–Trinajstić information content (AvgIpc) is 2.87. The molecular weight excluding hydrogens is 276 g/mol. The van der Waals surface area contributed by atoms with Crippen molar-refractivity contribution >= 4 is 45.5 Å². The van der Waals surface area contributed by atoms with Gasteiger partial charge in [0, 0.05) is 16.3 Å². The molecule has 0 aliphatic carbocycles. The zero-order valence-electron chi connectivity index (χ0n) is 11.7. The van der Waals surface area contributed by atoms with Gasteiger partial charge in [0.2, 0.25) is 0 Å². The minimum atomic E-state index is 0.954. The van der Waals surface area contributed by atoms with E-state index < -0.39 is 0 Å². The van der Waals surface area contributed by atoms with Gasteiger partial charge in [-0.25, -0.2) is 0 Å². The molecule has 4 heteroatoms. The zero-order valence-corrected chi connectivity index (χ0v) is 13.3. The highest BCUT2D eigenvalue weighted by molar-refractivity contribution is 7.99. The van der Waals surface area contributed by atoms with Gasteiger partial charge < -0.3 is 8.83 Å². The van der Waals surface area contributed by atoms with Crippen molar-refractivity contribution < 1.29 is 8.83 Å². The second-order valence-corrected chi connectivity index (χ2v) is 6.27. The van der Waals surface area contributed by atoms with Crippen molar-refractivity contribution in [3.63, 3.8) is 0 Å². The highest BCUT2D eigenvalue weighted by Crippen LogP contribution is 2.42. The van der Waals surface area contributed by atoms with E-state index in [0.29, 0.717) is 0 Å². The number of rotatable bonds is 2. The van der Waals surface area contributed by atoms with Gasteiger partial charge in [0.25, 0.3) is 0 Å². The molecule has 2 aromatic heterocycles. The molecule has 1 aromatic carbocycles. The Morgan fingerprint density at radius 1 is 0.789 bits per heavy atom. The van der Waals surface area contributed by atoms with E-state index >= 15 is 0 Å². The van der Waals surface area contributed by atoms with E-state index in [1.54, 1.807) is 23.5 Å². The van der Waals surface area contributed by atoms with E-state index in [9.17, 15) is 0 Å². The fourth-order valence-electron chi connectivity index (χ4n) is 2.67. The molecule has 100 valence electrons. The Morgan fingerprint density at radius 3 is 1.58 bits per heavy atom. The van der Waals surface area contributed by atoms with Crippen LogP contribution in [0.1, 0.15) is 17.1 Å². The van der Waals surface area contributed by atoms with Crippen LogP contribution >= 0.6 is 23.5 Å². The zero-order chi connectivity index (χ0) is 13.7. The van der Waals surface area contributed by atoms with Crippen molar-refractivity contribution in [2.45, 2.75) is 30.6 Å². The van der Waals surface area contributed by atoms with Crippen molar-refractivity contribution in [3.05, 3.63) is 23.2 Å². The predicted molar refractivity (Wildman–Crippen MR) is 83.8 cm³/mol. The summed E-state index contributed by atoms with van der Waals surface area (Å²) in [6.45, 7) is 6.12. The molecule has 2 heterocycles. The molecule has 3 aromatic rings. The normalized spacial score (nSPS) is 11.8. The highest BCUT2D eigenvalue weighted by atomic mass is 32.2. The van der Waals surface area contributed by atoms with Crippen molar-refractivity contribution in [2.24, 2.45) is 0 Å². The molecule has 0 N–H and O–H groups in total. The Bertz CT molecular complexity index is 718. The summed E-state index contributed by atoms with van der Waals surface area (Å²) in [7, 11) is 0. The maximum Gasteiger partial charge on any atom is 0.142 e. The van der Waals surface area contributed by atoms with Crippen molar-refractivity contribution in [2.75, 3.05) is 12.5 Å². The minimum absolute atomic E-state index is 0.954. The molecule has 0 spiro atoms. The van der Waals surface area contributed by atoms with Crippen LogP contribution in [0.5, 0.6) is 0 Å². The van der Waals surface area contributed by atoms with Crippen LogP contribution in [-0.2, 0) is 0 Å². The van der Waals surface area contributed by atoms with Crippen LogP contribution < -0.4 is 0 Å². The molecule has 0 amide bonds. The first-order valence-corrected chi connectivity index (χ1v) is 8.57. The molecule has 0 aliphatic heterocycles. The van der Waals surface area contributed by atoms with E-state index in [1.807, 2.05) is 13.8 Å². The van der Waals surface area contributed by atoms with Crippen LogP contribution in [-0.4, -0.2) is 12.5 Å². The number of fused-ring (bicyclic) bond motifs is 2. The Labute approximate surface area is 120 Å². The summed E-state index contributed by atoms with van der Waals surface area (Å²) in [5.74, 6) is 1.97. The Hall–Kier alpha value is -1.00. The maximum absolute atomic E-state index is 5.92. The number of hydrogen-bond acceptors (Lipinski definition) is 4. The monoisotopic (exact) mass is 292 g/mol. The molecular formula is C15H16O2S2. The van der Waals surface area contributed by atoms with E-state index in [2.05, 4.69) is 25.5 Å². The van der Waals surface area contributed by atoms with Crippen LogP contribution in [0.25, 0.3) is 21.9 Å². The van der Waals surface area contributed by atoms with Crippen molar-refractivity contribution in [1.82, 2.24) is 0 Å². The summed E-state index contributed by atoms with van der Waals surface area (Å²) in [4.78, 5) is 2.46. The van der Waals surface area contributed by atoms with Gasteiger partial charge in [0.1, 0.15) is 22.7 Å². The van der Waals surface area contributed by atoms with Crippen molar-refractivity contribution in [1.29, 1.82) is 0 Å². The number of aryl methyl sites for hydroxylation is 3. The quantitative estimate of drug-likeness (QED) is 0.579.